The molecule has 1 aromatic heterocycles. The van der Waals surface area contributed by atoms with E-state index >= 15 is 0 Å². The van der Waals surface area contributed by atoms with E-state index in [1.165, 1.54) is 13.2 Å². The Kier molecular flexibility index (Phi) is 7.57. The van der Waals surface area contributed by atoms with Gasteiger partial charge in [0.05, 0.1) is 18.2 Å². The van der Waals surface area contributed by atoms with E-state index in [9.17, 15) is 9.59 Å². The van der Waals surface area contributed by atoms with Crippen LogP contribution in [0.25, 0.3) is 10.9 Å². The monoisotopic (exact) mass is 474 g/mol. The zero-order valence-electron chi connectivity index (χ0n) is 20.2. The molecular formula is C26H30N6O3. The van der Waals surface area contributed by atoms with Gasteiger partial charge in [0.2, 0.25) is 11.9 Å². The molecule has 1 atom stereocenters. The standard InChI is InChI=1S/C26H30N6O3/c1-31(2)13-6-9-24(33)28-19-10-11-21(23(15-19)35-3)25(34)32-14-12-20(17-32)29-26-27-16-18-7-4-5-8-22(18)30-26/h4-11,15-16,20H,12-14,17H2,1-3H3,(H,28,33)(H,27,29,30)/b9-6+. The fourth-order valence-corrected chi connectivity index (χ4v) is 3.96. The van der Waals surface area contributed by atoms with Gasteiger partial charge in [0.15, 0.2) is 0 Å². The molecular weight excluding hydrogens is 444 g/mol. The number of amides is 2. The number of rotatable bonds is 8. The maximum Gasteiger partial charge on any atom is 0.257 e. The summed E-state index contributed by atoms with van der Waals surface area (Å²) < 4.78 is 5.47. The zero-order chi connectivity index (χ0) is 24.8. The van der Waals surface area contributed by atoms with Crippen molar-refractivity contribution in [3.63, 3.8) is 0 Å². The number of anilines is 2. The van der Waals surface area contributed by atoms with Crippen LogP contribution in [0.4, 0.5) is 11.6 Å². The summed E-state index contributed by atoms with van der Waals surface area (Å²) in [6, 6.07) is 12.9. The van der Waals surface area contributed by atoms with Gasteiger partial charge < -0.3 is 25.2 Å². The number of hydrogen-bond donors (Lipinski definition) is 2. The summed E-state index contributed by atoms with van der Waals surface area (Å²) >= 11 is 0. The molecule has 9 nitrogen and oxygen atoms in total. The molecule has 3 aromatic rings. The second-order valence-corrected chi connectivity index (χ2v) is 8.70. The lowest BCUT2D eigenvalue weighted by atomic mass is 10.1. The highest BCUT2D eigenvalue weighted by molar-refractivity contribution is 6.01. The fourth-order valence-electron chi connectivity index (χ4n) is 3.96. The van der Waals surface area contributed by atoms with Crippen molar-refractivity contribution in [3.8, 4) is 5.75 Å². The lowest BCUT2D eigenvalue weighted by Crippen LogP contribution is -2.32. The number of aromatic nitrogens is 2. The molecule has 182 valence electrons. The number of benzene rings is 2. The van der Waals surface area contributed by atoms with E-state index in [1.54, 1.807) is 35.4 Å². The summed E-state index contributed by atoms with van der Waals surface area (Å²) in [7, 11) is 5.37. The normalized spacial score (nSPS) is 15.7. The predicted octanol–water partition coefficient (Wildman–Crippen LogP) is 3.02. The van der Waals surface area contributed by atoms with Crippen LogP contribution in [0.3, 0.4) is 0 Å². The Bertz CT molecular complexity index is 1240. The van der Waals surface area contributed by atoms with Gasteiger partial charge in [0.25, 0.3) is 5.91 Å². The second-order valence-electron chi connectivity index (χ2n) is 8.70. The molecule has 0 saturated carbocycles. The van der Waals surface area contributed by atoms with Gasteiger partial charge in [0, 0.05) is 55.1 Å². The quantitative estimate of drug-likeness (QED) is 0.484. The summed E-state index contributed by atoms with van der Waals surface area (Å²) in [4.78, 5) is 38.1. The minimum atomic E-state index is -0.239. The third kappa shape index (κ3) is 6.13. The van der Waals surface area contributed by atoms with Crippen molar-refractivity contribution in [2.24, 2.45) is 0 Å². The van der Waals surface area contributed by atoms with Crippen LogP contribution in [0.2, 0.25) is 0 Å². The first-order valence-electron chi connectivity index (χ1n) is 11.5. The van der Waals surface area contributed by atoms with Crippen LogP contribution in [0.15, 0.2) is 60.8 Å². The van der Waals surface area contributed by atoms with Gasteiger partial charge in [-0.1, -0.05) is 24.3 Å². The molecule has 0 aliphatic carbocycles. The highest BCUT2D eigenvalue weighted by atomic mass is 16.5. The molecule has 0 bridgehead atoms. The second kappa shape index (κ2) is 11.0. The van der Waals surface area contributed by atoms with Gasteiger partial charge in [-0.3, -0.25) is 9.59 Å². The van der Waals surface area contributed by atoms with Crippen molar-refractivity contribution >= 4 is 34.4 Å². The molecule has 9 heteroatoms. The van der Waals surface area contributed by atoms with Crippen LogP contribution in [0.1, 0.15) is 16.8 Å². The van der Waals surface area contributed by atoms with Crippen molar-refractivity contribution in [2.75, 3.05) is 51.5 Å². The van der Waals surface area contributed by atoms with E-state index in [0.717, 1.165) is 17.3 Å². The Morgan fingerprint density at radius 2 is 2.06 bits per heavy atom. The summed E-state index contributed by atoms with van der Waals surface area (Å²) in [6.45, 7) is 1.82. The Hall–Kier alpha value is -3.98. The van der Waals surface area contributed by atoms with Gasteiger partial charge in [-0.05, 0) is 38.7 Å². The molecule has 2 heterocycles. The third-order valence-electron chi connectivity index (χ3n) is 5.74. The van der Waals surface area contributed by atoms with E-state index in [1.807, 2.05) is 43.3 Å². The van der Waals surface area contributed by atoms with E-state index < -0.39 is 0 Å². The minimum Gasteiger partial charge on any atom is -0.496 e. The molecule has 0 radical (unpaired) electrons. The molecule has 4 rings (SSSR count). The summed E-state index contributed by atoms with van der Waals surface area (Å²) in [6.07, 6.45) is 5.86. The van der Waals surface area contributed by atoms with Crippen LogP contribution >= 0.6 is 0 Å². The third-order valence-corrected chi connectivity index (χ3v) is 5.74. The molecule has 2 N–H and O–H groups in total. The molecule has 1 unspecified atom stereocenters. The minimum absolute atomic E-state index is 0.0543. The first-order chi connectivity index (χ1) is 16.9. The molecule has 2 aromatic carbocycles. The van der Waals surface area contributed by atoms with Gasteiger partial charge >= 0.3 is 0 Å². The lowest BCUT2D eigenvalue weighted by Gasteiger charge is -2.19. The number of likely N-dealkylation sites (tertiary alicyclic amines) is 1. The fraction of sp³-hybridized carbons (Fsp3) is 0.308. The SMILES string of the molecule is COc1cc(NC(=O)/C=C/CN(C)C)ccc1C(=O)N1CCC(Nc2ncc3ccccc3n2)C1. The molecule has 1 fully saturated rings. The number of ether oxygens (including phenoxy) is 1. The topological polar surface area (TPSA) is 99.7 Å². The van der Waals surface area contributed by atoms with Crippen LogP contribution < -0.4 is 15.4 Å². The van der Waals surface area contributed by atoms with Gasteiger partial charge in [-0.2, -0.15) is 0 Å². The van der Waals surface area contributed by atoms with Crippen molar-refractivity contribution in [3.05, 3.63) is 66.4 Å². The first-order valence-corrected chi connectivity index (χ1v) is 11.5. The van der Waals surface area contributed by atoms with Crippen LogP contribution in [0, 0.1) is 0 Å². The number of nitrogens with one attached hydrogen (secondary N) is 2. The number of carbonyl (C=O) groups excluding carboxylic acids is 2. The van der Waals surface area contributed by atoms with Crippen molar-refractivity contribution in [1.82, 2.24) is 19.8 Å². The highest BCUT2D eigenvalue weighted by Crippen LogP contribution is 2.26. The van der Waals surface area contributed by atoms with E-state index in [0.29, 0.717) is 42.6 Å². The number of para-hydroxylation sites is 1. The van der Waals surface area contributed by atoms with Gasteiger partial charge in [0.1, 0.15) is 5.75 Å². The lowest BCUT2D eigenvalue weighted by molar-refractivity contribution is -0.111. The maximum atomic E-state index is 13.2. The summed E-state index contributed by atoms with van der Waals surface area (Å²) in [5.74, 6) is 0.617. The molecule has 2 amide bonds. The van der Waals surface area contributed by atoms with Crippen molar-refractivity contribution in [1.29, 1.82) is 0 Å². The predicted molar refractivity (Wildman–Crippen MR) is 137 cm³/mol. The van der Waals surface area contributed by atoms with Gasteiger partial charge in [-0.25, -0.2) is 9.97 Å². The van der Waals surface area contributed by atoms with E-state index in [4.69, 9.17) is 4.74 Å². The van der Waals surface area contributed by atoms with Crippen LogP contribution in [-0.4, -0.2) is 78.5 Å². The Labute approximate surface area is 204 Å². The number of likely N-dealkylation sites (N-methyl/N-ethyl adjacent to an activating group) is 1. The maximum absolute atomic E-state index is 13.2. The smallest absolute Gasteiger partial charge is 0.257 e. The molecule has 1 saturated heterocycles. The average molecular weight is 475 g/mol. The highest BCUT2D eigenvalue weighted by Gasteiger charge is 2.29. The number of carbonyl (C=O) groups is 2. The number of methoxy groups -OCH3 is 1. The largest absolute Gasteiger partial charge is 0.496 e. The van der Waals surface area contributed by atoms with E-state index in [-0.39, 0.29) is 17.9 Å². The molecule has 35 heavy (non-hydrogen) atoms. The summed E-state index contributed by atoms with van der Waals surface area (Å²) in [5.41, 5.74) is 1.89. The number of fused-ring (bicyclic) bond motifs is 1. The molecule has 0 spiro atoms. The summed E-state index contributed by atoms with van der Waals surface area (Å²) in [5, 5.41) is 7.13. The Balaban J connectivity index is 1.38. The Morgan fingerprint density at radius 1 is 1.23 bits per heavy atom. The first kappa shape index (κ1) is 24.2. The Morgan fingerprint density at radius 3 is 2.86 bits per heavy atom. The van der Waals surface area contributed by atoms with E-state index in [2.05, 4.69) is 20.6 Å². The zero-order valence-corrected chi connectivity index (χ0v) is 20.2. The molecule has 1 aliphatic rings. The van der Waals surface area contributed by atoms with Crippen LogP contribution in [-0.2, 0) is 4.79 Å². The number of nitrogens with zero attached hydrogens (tertiary/aromatic N) is 4. The van der Waals surface area contributed by atoms with Gasteiger partial charge in [-0.15, -0.1) is 0 Å². The molecule has 1 aliphatic heterocycles. The average Bonchev–Trinajstić information content (AvgIpc) is 3.31. The van der Waals surface area contributed by atoms with Crippen LogP contribution in [0.5, 0.6) is 5.75 Å². The number of hydrogen-bond acceptors (Lipinski definition) is 7. The van der Waals surface area contributed by atoms with Crippen molar-refractivity contribution < 1.29 is 14.3 Å². The van der Waals surface area contributed by atoms with Crippen molar-refractivity contribution in [2.45, 2.75) is 12.5 Å².